The number of benzene rings is 1. The van der Waals surface area contributed by atoms with Crippen molar-refractivity contribution in [2.45, 2.75) is 31.8 Å². The maximum absolute atomic E-state index is 13.0. The standard InChI is InChI=1S/C19H23N3O5S2/c1-3-7-21-14-11-15-16(27-10-9-26-15)12-17(14)28-19(21)20-18(23)13-6-4-5-8-22(13)29(2,24)25/h3,11-13H,1,4-10H2,2H3. The fourth-order valence-corrected chi connectivity index (χ4v) is 5.89. The maximum atomic E-state index is 13.0. The van der Waals surface area contributed by atoms with Crippen molar-refractivity contribution in [3.8, 4) is 11.5 Å². The van der Waals surface area contributed by atoms with Crippen LogP contribution in [0, 0.1) is 0 Å². The Morgan fingerprint density at radius 2 is 2.03 bits per heavy atom. The Morgan fingerprint density at radius 1 is 1.31 bits per heavy atom. The minimum atomic E-state index is -3.47. The summed E-state index contributed by atoms with van der Waals surface area (Å²) < 4.78 is 39.6. The number of rotatable bonds is 4. The average molecular weight is 438 g/mol. The van der Waals surface area contributed by atoms with E-state index in [2.05, 4.69) is 11.6 Å². The van der Waals surface area contributed by atoms with E-state index < -0.39 is 22.0 Å². The second-order valence-electron chi connectivity index (χ2n) is 7.08. The molecule has 0 N–H and O–H groups in total. The number of carbonyl (C=O) groups is 1. The second-order valence-corrected chi connectivity index (χ2v) is 10.0. The van der Waals surface area contributed by atoms with Crippen molar-refractivity contribution in [2.24, 2.45) is 4.99 Å². The van der Waals surface area contributed by atoms with Crippen LogP contribution in [-0.2, 0) is 21.4 Å². The predicted octanol–water partition coefficient (Wildman–Crippen LogP) is 1.90. The van der Waals surface area contributed by atoms with Gasteiger partial charge < -0.3 is 14.0 Å². The van der Waals surface area contributed by atoms with E-state index in [4.69, 9.17) is 9.47 Å². The molecule has 156 valence electrons. The van der Waals surface area contributed by atoms with Crippen molar-refractivity contribution in [1.82, 2.24) is 8.87 Å². The van der Waals surface area contributed by atoms with Gasteiger partial charge in [-0.3, -0.25) is 4.79 Å². The van der Waals surface area contributed by atoms with Crippen molar-refractivity contribution in [1.29, 1.82) is 0 Å². The molecule has 1 aromatic carbocycles. The molecule has 1 unspecified atom stereocenters. The number of hydrogen-bond acceptors (Lipinski definition) is 6. The van der Waals surface area contributed by atoms with Gasteiger partial charge in [-0.1, -0.05) is 23.8 Å². The summed E-state index contributed by atoms with van der Waals surface area (Å²) in [6, 6.07) is 3.03. The molecule has 1 fully saturated rings. The van der Waals surface area contributed by atoms with E-state index in [1.54, 1.807) is 6.08 Å². The number of piperidine rings is 1. The molecule has 1 amide bonds. The van der Waals surface area contributed by atoms with Gasteiger partial charge in [0.15, 0.2) is 16.3 Å². The molecule has 0 spiro atoms. The highest BCUT2D eigenvalue weighted by Crippen LogP contribution is 2.35. The van der Waals surface area contributed by atoms with Crippen LogP contribution in [0.1, 0.15) is 19.3 Å². The Labute approximate surface area is 173 Å². The number of nitrogens with zero attached hydrogens (tertiary/aromatic N) is 3. The lowest BCUT2D eigenvalue weighted by Crippen LogP contribution is -2.47. The molecule has 2 aliphatic rings. The molecule has 2 aliphatic heterocycles. The molecule has 0 aliphatic carbocycles. The van der Waals surface area contributed by atoms with Crippen LogP contribution in [-0.4, -0.2) is 55.3 Å². The van der Waals surface area contributed by atoms with Gasteiger partial charge in [0, 0.05) is 25.2 Å². The van der Waals surface area contributed by atoms with Crippen LogP contribution in [0.2, 0.25) is 0 Å². The van der Waals surface area contributed by atoms with E-state index in [9.17, 15) is 13.2 Å². The lowest BCUT2D eigenvalue weighted by Gasteiger charge is -2.31. The van der Waals surface area contributed by atoms with Gasteiger partial charge >= 0.3 is 0 Å². The monoisotopic (exact) mass is 437 g/mol. The molecule has 0 radical (unpaired) electrons. The van der Waals surface area contributed by atoms with Gasteiger partial charge in [0.2, 0.25) is 10.0 Å². The number of amides is 1. The van der Waals surface area contributed by atoms with E-state index in [0.717, 1.165) is 29.3 Å². The first-order valence-electron chi connectivity index (χ1n) is 9.48. The normalized spacial score (nSPS) is 20.7. The van der Waals surface area contributed by atoms with Gasteiger partial charge in [-0.25, -0.2) is 8.42 Å². The Morgan fingerprint density at radius 3 is 2.72 bits per heavy atom. The molecule has 2 aromatic rings. The topological polar surface area (TPSA) is 90.2 Å². The molecular weight excluding hydrogens is 414 g/mol. The number of fused-ring (bicyclic) bond motifs is 2. The van der Waals surface area contributed by atoms with Crippen LogP contribution in [0.5, 0.6) is 11.5 Å². The van der Waals surface area contributed by atoms with Gasteiger partial charge in [0.1, 0.15) is 19.3 Å². The minimum absolute atomic E-state index is 0.352. The molecule has 1 aromatic heterocycles. The molecule has 4 rings (SSSR count). The lowest BCUT2D eigenvalue weighted by molar-refractivity contribution is -0.122. The SMILES string of the molecule is C=CCn1c(=NC(=O)C2CCCCN2S(C)(=O)=O)sc2cc3c(cc21)OCCO3. The lowest BCUT2D eigenvalue weighted by atomic mass is 10.0. The summed E-state index contributed by atoms with van der Waals surface area (Å²) in [4.78, 5) is 17.8. The summed E-state index contributed by atoms with van der Waals surface area (Å²) in [6.45, 7) is 5.60. The largest absolute Gasteiger partial charge is 0.486 e. The molecule has 0 bridgehead atoms. The molecule has 1 atom stereocenters. The van der Waals surface area contributed by atoms with Gasteiger partial charge in [-0.2, -0.15) is 9.30 Å². The van der Waals surface area contributed by atoms with Crippen molar-refractivity contribution in [3.05, 3.63) is 29.6 Å². The third-order valence-electron chi connectivity index (χ3n) is 5.03. The fraction of sp³-hybridized carbons (Fsp3) is 0.474. The summed E-state index contributed by atoms with van der Waals surface area (Å²) in [5, 5.41) is 0. The molecule has 10 heteroatoms. The molecule has 29 heavy (non-hydrogen) atoms. The zero-order valence-electron chi connectivity index (χ0n) is 16.2. The minimum Gasteiger partial charge on any atom is -0.486 e. The van der Waals surface area contributed by atoms with Crippen molar-refractivity contribution < 1.29 is 22.7 Å². The van der Waals surface area contributed by atoms with Crippen molar-refractivity contribution in [2.75, 3.05) is 26.0 Å². The van der Waals surface area contributed by atoms with Crippen molar-refractivity contribution >= 4 is 37.5 Å². The van der Waals surface area contributed by atoms with Gasteiger partial charge in [0.05, 0.1) is 16.5 Å². The number of sulfonamides is 1. The number of hydrogen-bond donors (Lipinski definition) is 0. The van der Waals surface area contributed by atoms with Crippen LogP contribution in [0.25, 0.3) is 10.2 Å². The second kappa shape index (κ2) is 7.92. The first kappa shape index (κ1) is 20.1. The molecule has 0 saturated carbocycles. The number of ether oxygens (including phenoxy) is 2. The zero-order valence-corrected chi connectivity index (χ0v) is 17.8. The van der Waals surface area contributed by atoms with E-state index in [1.807, 2.05) is 16.7 Å². The first-order valence-corrected chi connectivity index (χ1v) is 12.1. The van der Waals surface area contributed by atoms with E-state index >= 15 is 0 Å². The summed E-state index contributed by atoms with van der Waals surface area (Å²) in [5.41, 5.74) is 0.870. The Kier molecular flexibility index (Phi) is 5.50. The van der Waals surface area contributed by atoms with E-state index in [0.29, 0.717) is 49.0 Å². The van der Waals surface area contributed by atoms with E-state index in [-0.39, 0.29) is 0 Å². The fourth-order valence-electron chi connectivity index (χ4n) is 3.71. The van der Waals surface area contributed by atoms with E-state index in [1.165, 1.54) is 15.6 Å². The number of aromatic nitrogens is 1. The van der Waals surface area contributed by atoms with Crippen LogP contribution in [0.4, 0.5) is 0 Å². The average Bonchev–Trinajstić information content (AvgIpc) is 3.02. The smallest absolute Gasteiger partial charge is 0.266 e. The maximum Gasteiger partial charge on any atom is 0.266 e. The highest BCUT2D eigenvalue weighted by molar-refractivity contribution is 7.88. The first-order chi connectivity index (χ1) is 13.9. The van der Waals surface area contributed by atoms with Gasteiger partial charge in [0.25, 0.3) is 5.91 Å². The summed E-state index contributed by atoms with van der Waals surface area (Å²) in [7, 11) is -3.47. The number of thiazole rings is 1. The van der Waals surface area contributed by atoms with Crippen molar-refractivity contribution in [3.63, 3.8) is 0 Å². The summed E-state index contributed by atoms with van der Waals surface area (Å²) >= 11 is 1.36. The quantitative estimate of drug-likeness (QED) is 0.682. The number of allylic oxidation sites excluding steroid dienone is 1. The molecular formula is C19H23N3O5S2. The summed E-state index contributed by atoms with van der Waals surface area (Å²) in [5.74, 6) is 0.897. The zero-order chi connectivity index (χ0) is 20.6. The third-order valence-corrected chi connectivity index (χ3v) is 7.36. The third kappa shape index (κ3) is 3.96. The van der Waals surface area contributed by atoms with Crippen LogP contribution in [0.3, 0.4) is 0 Å². The van der Waals surface area contributed by atoms with Gasteiger partial charge in [-0.15, -0.1) is 6.58 Å². The molecule has 1 saturated heterocycles. The molecule has 3 heterocycles. The Balaban J connectivity index is 1.79. The van der Waals surface area contributed by atoms with Crippen LogP contribution >= 0.6 is 11.3 Å². The predicted molar refractivity (Wildman–Crippen MR) is 111 cm³/mol. The summed E-state index contributed by atoms with van der Waals surface area (Å²) in [6.07, 6.45) is 4.91. The number of carbonyl (C=O) groups excluding carboxylic acids is 1. The highest BCUT2D eigenvalue weighted by atomic mass is 32.2. The van der Waals surface area contributed by atoms with Gasteiger partial charge in [-0.05, 0) is 12.8 Å². The molecule has 8 nitrogen and oxygen atoms in total. The Hall–Kier alpha value is -2.17. The Bertz CT molecular complexity index is 1130. The van der Waals surface area contributed by atoms with Crippen LogP contribution < -0.4 is 14.3 Å². The highest BCUT2D eigenvalue weighted by Gasteiger charge is 2.34. The van der Waals surface area contributed by atoms with Crippen LogP contribution in [0.15, 0.2) is 29.8 Å².